The molecule has 0 unspecified atom stereocenters. The predicted molar refractivity (Wildman–Crippen MR) is 66.9 cm³/mol. The van der Waals surface area contributed by atoms with E-state index in [1.165, 1.54) is 25.7 Å². The molecule has 0 amide bonds. The number of carboxylic acid groups (broad SMARTS) is 3. The summed E-state index contributed by atoms with van der Waals surface area (Å²) in [6.45, 7) is 4.46. The molecule has 7 heteroatoms. The van der Waals surface area contributed by atoms with Crippen LogP contribution in [0.4, 0.5) is 0 Å². The fourth-order valence-electron chi connectivity index (χ4n) is 1.21. The summed E-state index contributed by atoms with van der Waals surface area (Å²) < 4.78 is 0. The van der Waals surface area contributed by atoms with E-state index in [9.17, 15) is 14.4 Å². The molecular formula is C12H22O7. The SMILES string of the molecule is CCCCCC.O=C(O)CC(O)(CC(=O)O)C(=O)O. The zero-order chi connectivity index (χ0) is 15.5. The molecule has 0 bridgehead atoms. The molecule has 0 saturated heterocycles. The molecule has 0 aromatic rings. The first kappa shape index (κ1) is 19.7. The third kappa shape index (κ3) is 11.2. The topological polar surface area (TPSA) is 132 Å². The van der Waals surface area contributed by atoms with Gasteiger partial charge in [0.2, 0.25) is 0 Å². The Morgan fingerprint density at radius 3 is 1.32 bits per heavy atom. The van der Waals surface area contributed by atoms with E-state index < -0.39 is 36.4 Å². The molecule has 0 aromatic heterocycles. The molecule has 0 aliphatic heterocycles. The Labute approximate surface area is 111 Å². The normalized spacial score (nSPS) is 10.3. The molecule has 0 aromatic carbocycles. The van der Waals surface area contributed by atoms with Crippen molar-refractivity contribution in [1.29, 1.82) is 0 Å². The summed E-state index contributed by atoms with van der Waals surface area (Å²) in [5.74, 6) is -5.02. The van der Waals surface area contributed by atoms with Crippen molar-refractivity contribution in [2.24, 2.45) is 0 Å². The second kappa shape index (κ2) is 10.3. The van der Waals surface area contributed by atoms with E-state index in [1.54, 1.807) is 0 Å². The average molecular weight is 278 g/mol. The number of carboxylic acids is 3. The van der Waals surface area contributed by atoms with Gasteiger partial charge in [-0.05, 0) is 0 Å². The smallest absolute Gasteiger partial charge is 0.336 e. The van der Waals surface area contributed by atoms with E-state index in [1.807, 2.05) is 0 Å². The molecule has 4 N–H and O–H groups in total. The molecule has 0 aliphatic carbocycles. The van der Waals surface area contributed by atoms with E-state index in [4.69, 9.17) is 20.4 Å². The molecule has 0 saturated carbocycles. The van der Waals surface area contributed by atoms with Crippen LogP contribution >= 0.6 is 0 Å². The second-order valence-corrected chi connectivity index (χ2v) is 4.18. The van der Waals surface area contributed by atoms with E-state index >= 15 is 0 Å². The molecule has 19 heavy (non-hydrogen) atoms. The zero-order valence-electron chi connectivity index (χ0n) is 11.3. The Kier molecular flexibility index (Phi) is 10.7. The summed E-state index contributed by atoms with van der Waals surface area (Å²) in [6, 6.07) is 0. The Bertz CT molecular complexity index is 278. The molecule has 0 aliphatic rings. The van der Waals surface area contributed by atoms with Gasteiger partial charge in [0.15, 0.2) is 5.60 Å². The van der Waals surface area contributed by atoms with Crippen molar-refractivity contribution in [3.63, 3.8) is 0 Å². The van der Waals surface area contributed by atoms with Crippen LogP contribution in [0.1, 0.15) is 52.4 Å². The minimum atomic E-state index is -2.74. The summed E-state index contributed by atoms with van der Waals surface area (Å²) in [6.07, 6.45) is 3.25. The number of unbranched alkanes of at least 4 members (excludes halogenated alkanes) is 3. The maximum absolute atomic E-state index is 10.3. The van der Waals surface area contributed by atoms with Crippen LogP contribution in [0.2, 0.25) is 0 Å². The van der Waals surface area contributed by atoms with Crippen molar-refractivity contribution >= 4 is 17.9 Å². The van der Waals surface area contributed by atoms with Gasteiger partial charge in [0.1, 0.15) is 0 Å². The van der Waals surface area contributed by atoms with Crippen molar-refractivity contribution < 1.29 is 34.8 Å². The third-order valence-electron chi connectivity index (χ3n) is 2.24. The van der Waals surface area contributed by atoms with Crippen molar-refractivity contribution in [2.75, 3.05) is 0 Å². The molecule has 0 spiro atoms. The van der Waals surface area contributed by atoms with Gasteiger partial charge in [-0.15, -0.1) is 0 Å². The van der Waals surface area contributed by atoms with Crippen LogP contribution < -0.4 is 0 Å². The van der Waals surface area contributed by atoms with Gasteiger partial charge < -0.3 is 20.4 Å². The molecule has 0 atom stereocenters. The Morgan fingerprint density at radius 2 is 1.16 bits per heavy atom. The molecule has 0 radical (unpaired) electrons. The highest BCUT2D eigenvalue weighted by molar-refractivity contribution is 5.88. The van der Waals surface area contributed by atoms with Gasteiger partial charge in [-0.2, -0.15) is 0 Å². The monoisotopic (exact) mass is 278 g/mol. The lowest BCUT2D eigenvalue weighted by Gasteiger charge is -2.18. The number of rotatable bonds is 8. The van der Waals surface area contributed by atoms with Crippen LogP contribution in [0, 0.1) is 0 Å². The van der Waals surface area contributed by atoms with Crippen LogP contribution in [0.15, 0.2) is 0 Å². The second-order valence-electron chi connectivity index (χ2n) is 4.18. The zero-order valence-corrected chi connectivity index (χ0v) is 11.3. The van der Waals surface area contributed by atoms with Gasteiger partial charge in [0.05, 0.1) is 12.8 Å². The fraction of sp³-hybridized carbons (Fsp3) is 0.750. The lowest BCUT2D eigenvalue weighted by atomic mass is 9.96. The highest BCUT2D eigenvalue weighted by Crippen LogP contribution is 2.15. The summed E-state index contributed by atoms with van der Waals surface area (Å²) in [4.78, 5) is 30.5. The maximum Gasteiger partial charge on any atom is 0.336 e. The molecule has 7 nitrogen and oxygen atoms in total. The van der Waals surface area contributed by atoms with E-state index in [0.717, 1.165) is 0 Å². The number of aliphatic hydroxyl groups is 1. The minimum Gasteiger partial charge on any atom is -0.481 e. The highest BCUT2D eigenvalue weighted by atomic mass is 16.4. The van der Waals surface area contributed by atoms with Crippen LogP contribution in [0.5, 0.6) is 0 Å². The fourth-order valence-corrected chi connectivity index (χ4v) is 1.21. The Balaban J connectivity index is 0. The first-order valence-corrected chi connectivity index (χ1v) is 6.09. The summed E-state index contributed by atoms with van der Waals surface area (Å²) >= 11 is 0. The lowest BCUT2D eigenvalue weighted by molar-refractivity contribution is -0.170. The minimum absolute atomic E-state index is 1.14. The van der Waals surface area contributed by atoms with E-state index in [0.29, 0.717) is 0 Å². The van der Waals surface area contributed by atoms with E-state index in [-0.39, 0.29) is 0 Å². The lowest BCUT2D eigenvalue weighted by Crippen LogP contribution is -2.42. The van der Waals surface area contributed by atoms with Crippen molar-refractivity contribution in [2.45, 2.75) is 58.0 Å². The van der Waals surface area contributed by atoms with Crippen LogP contribution in [0.3, 0.4) is 0 Å². The Hall–Kier alpha value is -1.63. The van der Waals surface area contributed by atoms with Crippen molar-refractivity contribution in [3.05, 3.63) is 0 Å². The van der Waals surface area contributed by atoms with Crippen LogP contribution in [0.25, 0.3) is 0 Å². The standard InChI is InChI=1S/C6H8O7.C6H14/c7-3(8)1-6(13,5(11)12)2-4(9)10;1-3-5-6-4-2/h13H,1-2H2,(H,7,8)(H,9,10)(H,11,12);3-6H2,1-2H3. The largest absolute Gasteiger partial charge is 0.481 e. The number of hydrogen-bond donors (Lipinski definition) is 4. The van der Waals surface area contributed by atoms with Gasteiger partial charge in [0.25, 0.3) is 0 Å². The third-order valence-corrected chi connectivity index (χ3v) is 2.24. The molecule has 0 rings (SSSR count). The van der Waals surface area contributed by atoms with Gasteiger partial charge in [-0.25, -0.2) is 4.79 Å². The van der Waals surface area contributed by atoms with Gasteiger partial charge >= 0.3 is 17.9 Å². The molecule has 0 fully saturated rings. The molecule has 112 valence electrons. The molecule has 0 heterocycles. The predicted octanol–water partition coefficient (Wildman–Crippen LogP) is 1.34. The summed E-state index contributed by atoms with van der Waals surface area (Å²) in [5.41, 5.74) is -2.74. The average Bonchev–Trinajstić information content (AvgIpc) is 2.24. The van der Waals surface area contributed by atoms with Crippen molar-refractivity contribution in [3.8, 4) is 0 Å². The van der Waals surface area contributed by atoms with Crippen LogP contribution in [-0.4, -0.2) is 43.9 Å². The summed E-state index contributed by atoms with van der Waals surface area (Å²) in [7, 11) is 0. The van der Waals surface area contributed by atoms with Gasteiger partial charge in [-0.3, -0.25) is 9.59 Å². The van der Waals surface area contributed by atoms with Gasteiger partial charge in [-0.1, -0.05) is 39.5 Å². The van der Waals surface area contributed by atoms with Crippen molar-refractivity contribution in [1.82, 2.24) is 0 Å². The number of aliphatic carboxylic acids is 3. The maximum atomic E-state index is 10.3. The summed E-state index contributed by atoms with van der Waals surface area (Å²) in [5, 5.41) is 33.8. The van der Waals surface area contributed by atoms with Crippen LogP contribution in [-0.2, 0) is 14.4 Å². The first-order chi connectivity index (χ1) is 8.69. The van der Waals surface area contributed by atoms with Gasteiger partial charge in [0, 0.05) is 0 Å². The number of hydrogen-bond acceptors (Lipinski definition) is 4. The highest BCUT2D eigenvalue weighted by Gasteiger charge is 2.40. The number of carbonyl (C=O) groups is 3. The Morgan fingerprint density at radius 1 is 0.842 bits per heavy atom. The van der Waals surface area contributed by atoms with E-state index in [2.05, 4.69) is 13.8 Å². The molecular weight excluding hydrogens is 256 g/mol. The quantitative estimate of drug-likeness (QED) is 0.492. The first-order valence-electron chi connectivity index (χ1n) is 6.09.